The summed E-state index contributed by atoms with van der Waals surface area (Å²) in [4.78, 5) is 27.1. The number of hydrazone groups is 1. The number of carbonyl (C=O) groups excluding carboxylic acids is 1. The predicted molar refractivity (Wildman–Crippen MR) is 149 cm³/mol. The summed E-state index contributed by atoms with van der Waals surface area (Å²) in [5.74, 6) is -0.782. The summed E-state index contributed by atoms with van der Waals surface area (Å²) >= 11 is 0. The number of ketones is 1. The molecular weight excluding hydrogens is 500 g/mol. The molecule has 190 valence electrons. The second-order valence-corrected chi connectivity index (χ2v) is 10.5. The highest BCUT2D eigenvalue weighted by atomic mass is 32.2. The Balaban J connectivity index is 1.66. The van der Waals surface area contributed by atoms with Gasteiger partial charge in [0.1, 0.15) is 5.69 Å². The lowest BCUT2D eigenvalue weighted by atomic mass is 10.0. The van der Waals surface area contributed by atoms with E-state index in [2.05, 4.69) is 10.5 Å². The maximum Gasteiger partial charge on any atom is 0.296 e. The Bertz CT molecular complexity index is 1850. The lowest BCUT2D eigenvalue weighted by Crippen LogP contribution is -2.27. The van der Waals surface area contributed by atoms with Crippen molar-refractivity contribution in [3.8, 4) is 5.69 Å². The number of para-hydroxylation sites is 1. The lowest BCUT2D eigenvalue weighted by molar-refractivity contribution is 0.107. The van der Waals surface area contributed by atoms with Crippen LogP contribution in [0.2, 0.25) is 0 Å². The molecule has 1 heterocycles. The fourth-order valence-corrected chi connectivity index (χ4v) is 5.55. The average Bonchev–Trinajstić information content (AvgIpc) is 3.16. The van der Waals surface area contributed by atoms with Gasteiger partial charge in [-0.2, -0.15) is 5.10 Å². The van der Waals surface area contributed by atoms with Crippen molar-refractivity contribution in [3.05, 3.63) is 125 Å². The third-order valence-electron chi connectivity index (χ3n) is 6.36. The number of aromatic nitrogens is 2. The van der Waals surface area contributed by atoms with Crippen LogP contribution in [-0.2, 0) is 16.9 Å². The molecule has 5 rings (SSSR count). The number of anilines is 1. The highest BCUT2D eigenvalue weighted by molar-refractivity contribution is 8.08. The molecule has 9 heteroatoms. The molecular formula is C29H24N4O4S. The number of sulfone groups is 1. The standard InChI is InChI=1S/C29H24N4O4S/c1-20-26(29(35)33(32(20)2)22-14-5-3-6-15-22)30-31-28(38(36,37)23-16-7-4-8-17-23)27(34)25-19-11-13-21-12-9-10-18-24(21)25/h3-19,30H,1-2H3. The van der Waals surface area contributed by atoms with E-state index < -0.39 is 26.2 Å². The summed E-state index contributed by atoms with van der Waals surface area (Å²) in [7, 11) is -2.64. The average molecular weight is 525 g/mol. The third-order valence-corrected chi connectivity index (χ3v) is 8.04. The summed E-state index contributed by atoms with van der Waals surface area (Å²) in [6.07, 6.45) is 0. The minimum Gasteiger partial charge on any atom is -0.286 e. The molecule has 1 aromatic heterocycles. The van der Waals surface area contributed by atoms with Gasteiger partial charge in [-0.3, -0.25) is 19.7 Å². The molecule has 38 heavy (non-hydrogen) atoms. The fourth-order valence-electron chi connectivity index (χ4n) is 4.29. The van der Waals surface area contributed by atoms with Crippen LogP contribution in [0.1, 0.15) is 16.1 Å². The smallest absolute Gasteiger partial charge is 0.286 e. The SMILES string of the molecule is Cc1c(NN=C(C(=O)c2cccc3ccccc23)S(=O)(=O)c2ccccc2)c(=O)n(-c2ccccc2)n1C. The third kappa shape index (κ3) is 4.33. The number of Topliss-reactive ketones (excluding diaryl/α,β-unsaturated/α-hetero) is 1. The van der Waals surface area contributed by atoms with Crippen molar-refractivity contribution >= 4 is 37.1 Å². The fraction of sp³-hybridized carbons (Fsp3) is 0.0690. The lowest BCUT2D eigenvalue weighted by Gasteiger charge is -2.10. The van der Waals surface area contributed by atoms with Gasteiger partial charge in [0.15, 0.2) is 0 Å². The molecule has 0 radical (unpaired) electrons. The van der Waals surface area contributed by atoms with Crippen LogP contribution in [0.5, 0.6) is 0 Å². The first-order valence-corrected chi connectivity index (χ1v) is 13.3. The maximum atomic E-state index is 13.8. The highest BCUT2D eigenvalue weighted by Crippen LogP contribution is 2.23. The monoisotopic (exact) mass is 524 g/mol. The number of rotatable bonds is 6. The van der Waals surface area contributed by atoms with Crippen LogP contribution < -0.4 is 11.0 Å². The van der Waals surface area contributed by atoms with E-state index in [1.54, 1.807) is 73.3 Å². The number of hydrogen-bond acceptors (Lipinski definition) is 6. The second-order valence-electron chi connectivity index (χ2n) is 8.64. The van der Waals surface area contributed by atoms with Crippen LogP contribution in [0.3, 0.4) is 0 Å². The zero-order chi connectivity index (χ0) is 26.9. The molecule has 4 aromatic carbocycles. The quantitative estimate of drug-likeness (QED) is 0.150. The summed E-state index contributed by atoms with van der Waals surface area (Å²) in [6.45, 7) is 1.70. The molecule has 0 bridgehead atoms. The Morgan fingerprint density at radius 3 is 2.13 bits per heavy atom. The maximum absolute atomic E-state index is 13.8. The molecule has 0 aliphatic heterocycles. The molecule has 5 aromatic rings. The van der Waals surface area contributed by atoms with Crippen LogP contribution >= 0.6 is 0 Å². The molecule has 0 saturated heterocycles. The molecule has 8 nitrogen and oxygen atoms in total. The van der Waals surface area contributed by atoms with Gasteiger partial charge < -0.3 is 0 Å². The van der Waals surface area contributed by atoms with Crippen molar-refractivity contribution in [3.63, 3.8) is 0 Å². The molecule has 1 N–H and O–H groups in total. The van der Waals surface area contributed by atoms with Crippen LogP contribution in [0.25, 0.3) is 16.5 Å². The van der Waals surface area contributed by atoms with Crippen molar-refractivity contribution in [2.24, 2.45) is 12.1 Å². The Labute approximate surface area is 219 Å². The van der Waals surface area contributed by atoms with Gasteiger partial charge in [-0.15, -0.1) is 0 Å². The van der Waals surface area contributed by atoms with Crippen molar-refractivity contribution in [2.75, 3.05) is 5.43 Å². The van der Waals surface area contributed by atoms with Crippen molar-refractivity contribution < 1.29 is 13.2 Å². The van der Waals surface area contributed by atoms with Crippen LogP contribution in [0, 0.1) is 6.92 Å². The number of hydrogen-bond donors (Lipinski definition) is 1. The Hall–Kier alpha value is -4.76. The molecule has 0 atom stereocenters. The highest BCUT2D eigenvalue weighted by Gasteiger charge is 2.31. The molecule has 0 amide bonds. The van der Waals surface area contributed by atoms with Gasteiger partial charge in [0.05, 0.1) is 16.3 Å². The van der Waals surface area contributed by atoms with E-state index in [9.17, 15) is 18.0 Å². The van der Waals surface area contributed by atoms with Gasteiger partial charge >= 0.3 is 0 Å². The van der Waals surface area contributed by atoms with Crippen LogP contribution in [-0.4, -0.2) is 28.6 Å². The number of benzene rings is 4. The van der Waals surface area contributed by atoms with E-state index in [4.69, 9.17) is 0 Å². The van der Waals surface area contributed by atoms with Gasteiger partial charge in [0.25, 0.3) is 5.56 Å². The molecule has 0 spiro atoms. The van der Waals surface area contributed by atoms with Crippen LogP contribution in [0.15, 0.2) is 118 Å². The van der Waals surface area contributed by atoms with E-state index in [0.29, 0.717) is 16.8 Å². The van der Waals surface area contributed by atoms with E-state index >= 15 is 0 Å². The first kappa shape index (κ1) is 24.9. The Morgan fingerprint density at radius 1 is 0.816 bits per heavy atom. The molecule has 0 saturated carbocycles. The summed E-state index contributed by atoms with van der Waals surface area (Å²) < 4.78 is 30.4. The van der Waals surface area contributed by atoms with Crippen molar-refractivity contribution in [1.82, 2.24) is 9.36 Å². The summed E-state index contributed by atoms with van der Waals surface area (Å²) in [5, 5.41) is 4.76. The van der Waals surface area contributed by atoms with Crippen molar-refractivity contribution in [2.45, 2.75) is 11.8 Å². The summed E-state index contributed by atoms with van der Waals surface area (Å²) in [5.41, 5.74) is 3.57. The number of carbonyl (C=O) groups is 1. The van der Waals surface area contributed by atoms with Gasteiger partial charge in [-0.05, 0) is 42.0 Å². The number of nitrogens with one attached hydrogen (secondary N) is 1. The van der Waals surface area contributed by atoms with E-state index in [0.717, 1.165) is 5.39 Å². The Kier molecular flexibility index (Phi) is 6.52. The van der Waals surface area contributed by atoms with Gasteiger partial charge in [-0.1, -0.05) is 78.9 Å². The second kappa shape index (κ2) is 9.95. The largest absolute Gasteiger partial charge is 0.296 e. The predicted octanol–water partition coefficient (Wildman–Crippen LogP) is 4.72. The van der Waals surface area contributed by atoms with Crippen LogP contribution in [0.4, 0.5) is 5.69 Å². The first-order valence-electron chi connectivity index (χ1n) is 11.8. The minimum atomic E-state index is -4.35. The molecule has 0 aliphatic rings. The zero-order valence-corrected chi connectivity index (χ0v) is 21.5. The van der Waals surface area contributed by atoms with Gasteiger partial charge in [0, 0.05) is 12.6 Å². The van der Waals surface area contributed by atoms with Gasteiger partial charge in [0.2, 0.25) is 20.7 Å². The van der Waals surface area contributed by atoms with Gasteiger partial charge in [-0.25, -0.2) is 13.1 Å². The Morgan fingerprint density at radius 2 is 1.42 bits per heavy atom. The zero-order valence-electron chi connectivity index (χ0n) is 20.7. The van der Waals surface area contributed by atoms with E-state index in [-0.39, 0.29) is 16.1 Å². The normalized spacial score (nSPS) is 12.0. The minimum absolute atomic E-state index is 0.0582. The van der Waals surface area contributed by atoms with E-state index in [1.165, 1.54) is 16.8 Å². The molecule has 0 unspecified atom stereocenters. The first-order chi connectivity index (χ1) is 18.3. The topological polar surface area (TPSA) is 103 Å². The number of fused-ring (bicyclic) bond motifs is 1. The number of nitrogens with zero attached hydrogens (tertiary/aromatic N) is 3. The molecule has 0 aliphatic carbocycles. The van der Waals surface area contributed by atoms with Crippen molar-refractivity contribution in [1.29, 1.82) is 0 Å². The van der Waals surface area contributed by atoms with E-state index in [1.807, 2.05) is 36.4 Å². The molecule has 0 fully saturated rings. The summed E-state index contributed by atoms with van der Waals surface area (Å²) in [6, 6.07) is 28.9.